The molecule has 2 nitrogen and oxygen atoms in total. The average Bonchev–Trinajstić information content (AvgIpc) is 2.10. The lowest BCUT2D eigenvalue weighted by molar-refractivity contribution is 0.456. The van der Waals surface area contributed by atoms with E-state index in [1.807, 2.05) is 13.0 Å². The lowest BCUT2D eigenvalue weighted by Gasteiger charge is -2.12. The van der Waals surface area contributed by atoms with Crippen LogP contribution in [0.15, 0.2) is 21.1 Å². The van der Waals surface area contributed by atoms with Crippen molar-refractivity contribution in [2.24, 2.45) is 5.73 Å². The number of hydrogen-bond acceptors (Lipinski definition) is 2. The molecule has 72 valence electrons. The van der Waals surface area contributed by atoms with Crippen LogP contribution in [0.25, 0.3) is 0 Å². The molecule has 1 aromatic rings. The Kier molecular flexibility index (Phi) is 3.76. The number of phenols is 1. The van der Waals surface area contributed by atoms with E-state index < -0.39 is 0 Å². The SMILES string of the molecule is CCC(N)c1cc(Br)cc(Br)c1O. The van der Waals surface area contributed by atoms with Crippen LogP contribution in [0.4, 0.5) is 0 Å². The van der Waals surface area contributed by atoms with Crippen molar-refractivity contribution < 1.29 is 5.11 Å². The van der Waals surface area contributed by atoms with Crippen molar-refractivity contribution >= 4 is 31.9 Å². The lowest BCUT2D eigenvalue weighted by atomic mass is 10.0. The second-order valence-corrected chi connectivity index (χ2v) is 4.61. The van der Waals surface area contributed by atoms with E-state index in [-0.39, 0.29) is 11.8 Å². The Labute approximate surface area is 94.4 Å². The molecule has 13 heavy (non-hydrogen) atoms. The standard InChI is InChI=1S/C9H11Br2NO/c1-2-8(12)6-3-5(10)4-7(11)9(6)13/h3-4,8,13H,2,12H2,1H3. The summed E-state index contributed by atoms with van der Waals surface area (Å²) in [7, 11) is 0. The minimum Gasteiger partial charge on any atom is -0.506 e. The molecule has 1 aromatic carbocycles. The largest absolute Gasteiger partial charge is 0.506 e. The highest BCUT2D eigenvalue weighted by atomic mass is 79.9. The molecule has 0 aliphatic heterocycles. The second kappa shape index (κ2) is 4.44. The number of rotatable bonds is 2. The van der Waals surface area contributed by atoms with Gasteiger partial charge in [0.1, 0.15) is 5.75 Å². The summed E-state index contributed by atoms with van der Waals surface area (Å²) in [6.07, 6.45) is 0.802. The molecule has 0 aliphatic rings. The number of benzene rings is 1. The van der Waals surface area contributed by atoms with Gasteiger partial charge in [-0.25, -0.2) is 0 Å². The molecule has 0 aromatic heterocycles. The fourth-order valence-corrected chi connectivity index (χ4v) is 2.35. The van der Waals surface area contributed by atoms with Gasteiger partial charge >= 0.3 is 0 Å². The maximum atomic E-state index is 9.68. The Morgan fingerprint density at radius 3 is 2.62 bits per heavy atom. The average molecular weight is 309 g/mol. The van der Waals surface area contributed by atoms with E-state index >= 15 is 0 Å². The molecule has 0 amide bonds. The Bertz CT molecular complexity index is 315. The van der Waals surface area contributed by atoms with E-state index in [0.29, 0.717) is 4.47 Å². The monoisotopic (exact) mass is 307 g/mol. The normalized spacial score (nSPS) is 12.9. The van der Waals surface area contributed by atoms with Gasteiger partial charge in [0, 0.05) is 16.1 Å². The lowest BCUT2D eigenvalue weighted by Crippen LogP contribution is -2.08. The smallest absolute Gasteiger partial charge is 0.134 e. The van der Waals surface area contributed by atoms with Gasteiger partial charge in [0.2, 0.25) is 0 Å². The first-order valence-electron chi connectivity index (χ1n) is 3.99. The van der Waals surface area contributed by atoms with Gasteiger partial charge in [-0.15, -0.1) is 0 Å². The predicted molar refractivity (Wildman–Crippen MR) is 60.7 cm³/mol. The first-order valence-corrected chi connectivity index (χ1v) is 5.58. The quantitative estimate of drug-likeness (QED) is 0.880. The zero-order valence-corrected chi connectivity index (χ0v) is 10.4. The molecule has 0 fully saturated rings. The zero-order chi connectivity index (χ0) is 10.0. The molecule has 0 bridgehead atoms. The summed E-state index contributed by atoms with van der Waals surface area (Å²) < 4.78 is 1.58. The zero-order valence-electron chi connectivity index (χ0n) is 7.22. The summed E-state index contributed by atoms with van der Waals surface area (Å²) in [4.78, 5) is 0. The van der Waals surface area contributed by atoms with Crippen LogP contribution in [0, 0.1) is 0 Å². The summed E-state index contributed by atoms with van der Waals surface area (Å²) in [6.45, 7) is 1.99. The topological polar surface area (TPSA) is 46.2 Å². The van der Waals surface area contributed by atoms with Gasteiger partial charge in [-0.3, -0.25) is 0 Å². The minimum atomic E-state index is -0.117. The van der Waals surface area contributed by atoms with Crippen LogP contribution >= 0.6 is 31.9 Å². The van der Waals surface area contributed by atoms with Crippen molar-refractivity contribution in [2.45, 2.75) is 19.4 Å². The minimum absolute atomic E-state index is 0.117. The maximum Gasteiger partial charge on any atom is 0.134 e. The van der Waals surface area contributed by atoms with E-state index in [0.717, 1.165) is 16.5 Å². The first kappa shape index (κ1) is 11.0. The summed E-state index contributed by atoms with van der Waals surface area (Å²) in [5, 5.41) is 9.68. The fraction of sp³-hybridized carbons (Fsp3) is 0.333. The van der Waals surface area contributed by atoms with E-state index in [4.69, 9.17) is 5.73 Å². The molecule has 1 rings (SSSR count). The van der Waals surface area contributed by atoms with Crippen molar-refractivity contribution in [1.29, 1.82) is 0 Å². The number of hydrogen-bond donors (Lipinski definition) is 2. The molecule has 4 heteroatoms. The first-order chi connectivity index (χ1) is 6.06. The van der Waals surface area contributed by atoms with Crippen molar-refractivity contribution in [3.8, 4) is 5.75 Å². The fourth-order valence-electron chi connectivity index (χ4n) is 1.09. The molecular formula is C9H11Br2NO. The van der Waals surface area contributed by atoms with Crippen LogP contribution in [0.3, 0.4) is 0 Å². The molecule has 1 unspecified atom stereocenters. The molecule has 0 saturated carbocycles. The molecule has 1 atom stereocenters. The Hall–Kier alpha value is -0.0600. The molecule has 0 spiro atoms. The van der Waals surface area contributed by atoms with Crippen LogP contribution in [0.5, 0.6) is 5.75 Å². The van der Waals surface area contributed by atoms with Crippen LogP contribution in [0.2, 0.25) is 0 Å². The van der Waals surface area contributed by atoms with Crippen LogP contribution in [0.1, 0.15) is 24.9 Å². The highest BCUT2D eigenvalue weighted by Gasteiger charge is 2.12. The molecule has 0 aliphatic carbocycles. The number of aromatic hydroxyl groups is 1. The summed E-state index contributed by atoms with van der Waals surface area (Å²) in [5.74, 6) is 0.234. The third kappa shape index (κ3) is 2.45. The molecule has 0 heterocycles. The number of nitrogens with two attached hydrogens (primary N) is 1. The van der Waals surface area contributed by atoms with Crippen LogP contribution in [-0.4, -0.2) is 5.11 Å². The Morgan fingerprint density at radius 1 is 1.46 bits per heavy atom. The van der Waals surface area contributed by atoms with Gasteiger partial charge in [-0.05, 0) is 34.5 Å². The van der Waals surface area contributed by atoms with E-state index in [1.54, 1.807) is 6.07 Å². The third-order valence-electron chi connectivity index (χ3n) is 1.90. The molecule has 0 saturated heterocycles. The van der Waals surface area contributed by atoms with Crippen LogP contribution in [-0.2, 0) is 0 Å². The highest BCUT2D eigenvalue weighted by Crippen LogP contribution is 2.35. The highest BCUT2D eigenvalue weighted by molar-refractivity contribution is 9.11. The van der Waals surface area contributed by atoms with Gasteiger partial charge in [0.05, 0.1) is 4.47 Å². The van der Waals surface area contributed by atoms with Crippen molar-refractivity contribution in [1.82, 2.24) is 0 Å². The van der Waals surface area contributed by atoms with Crippen molar-refractivity contribution in [3.05, 3.63) is 26.6 Å². The predicted octanol–water partition coefficient (Wildman–Crippen LogP) is 3.33. The molecule has 0 radical (unpaired) electrons. The molecule has 3 N–H and O–H groups in total. The number of phenolic OH excluding ortho intramolecular Hbond substituents is 1. The summed E-state index contributed by atoms with van der Waals surface area (Å²) >= 11 is 6.61. The third-order valence-corrected chi connectivity index (χ3v) is 2.96. The van der Waals surface area contributed by atoms with Gasteiger partial charge in [-0.2, -0.15) is 0 Å². The van der Waals surface area contributed by atoms with Gasteiger partial charge in [0.25, 0.3) is 0 Å². The maximum absolute atomic E-state index is 9.68. The Balaban J connectivity index is 3.20. The van der Waals surface area contributed by atoms with E-state index in [1.165, 1.54) is 0 Å². The van der Waals surface area contributed by atoms with Gasteiger partial charge in [-0.1, -0.05) is 22.9 Å². The van der Waals surface area contributed by atoms with Gasteiger partial charge < -0.3 is 10.8 Å². The summed E-state index contributed by atoms with van der Waals surface area (Å²) in [6, 6.07) is 3.52. The van der Waals surface area contributed by atoms with Crippen molar-refractivity contribution in [2.75, 3.05) is 0 Å². The molecular weight excluding hydrogens is 298 g/mol. The number of halogens is 2. The Morgan fingerprint density at radius 2 is 2.08 bits per heavy atom. The van der Waals surface area contributed by atoms with Gasteiger partial charge in [0.15, 0.2) is 0 Å². The van der Waals surface area contributed by atoms with E-state index in [9.17, 15) is 5.11 Å². The van der Waals surface area contributed by atoms with E-state index in [2.05, 4.69) is 31.9 Å². The van der Waals surface area contributed by atoms with Crippen molar-refractivity contribution in [3.63, 3.8) is 0 Å². The second-order valence-electron chi connectivity index (χ2n) is 2.84. The summed E-state index contributed by atoms with van der Waals surface area (Å²) in [5.41, 5.74) is 6.60. The van der Waals surface area contributed by atoms with Crippen LogP contribution < -0.4 is 5.73 Å².